The van der Waals surface area contributed by atoms with Crippen LogP contribution in [0.25, 0.3) is 0 Å². The number of ether oxygens (including phenoxy) is 2. The first-order valence-electron chi connectivity index (χ1n) is 7.49. The van der Waals surface area contributed by atoms with E-state index < -0.39 is 5.60 Å². The fourth-order valence-electron chi connectivity index (χ4n) is 3.11. The maximum absolute atomic E-state index is 12.7. The molecule has 1 saturated carbocycles. The molecule has 0 heterocycles. The summed E-state index contributed by atoms with van der Waals surface area (Å²) in [7, 11) is 3.10. The molecule has 5 nitrogen and oxygen atoms in total. The van der Waals surface area contributed by atoms with Crippen molar-refractivity contribution in [2.45, 2.75) is 38.2 Å². The minimum absolute atomic E-state index is 0.143. The van der Waals surface area contributed by atoms with Crippen LogP contribution < -0.4 is 10.1 Å². The highest BCUT2D eigenvalue weighted by molar-refractivity contribution is 5.97. The topological polar surface area (TPSA) is 71.3 Å². The molecule has 0 bridgehead atoms. The Morgan fingerprint density at radius 1 is 1.45 bits per heavy atom. The van der Waals surface area contributed by atoms with Crippen molar-refractivity contribution in [3.05, 3.63) is 23.8 Å². The SMILES string of the molecule is COc1ccc(NC(=O)[C@]2(OC)CCC[C@H](C)C2)cc1C#N. The molecule has 1 fully saturated rings. The highest BCUT2D eigenvalue weighted by Gasteiger charge is 2.42. The van der Waals surface area contributed by atoms with Gasteiger partial charge < -0.3 is 14.8 Å². The predicted octanol–water partition coefficient (Wildman–Crippen LogP) is 3.10. The fraction of sp³-hybridized carbons (Fsp3) is 0.529. The molecule has 1 aliphatic carbocycles. The average molecular weight is 302 g/mol. The van der Waals surface area contributed by atoms with Crippen molar-refractivity contribution in [3.63, 3.8) is 0 Å². The molecule has 2 atom stereocenters. The van der Waals surface area contributed by atoms with Crippen molar-refractivity contribution in [1.82, 2.24) is 0 Å². The van der Waals surface area contributed by atoms with Crippen molar-refractivity contribution in [1.29, 1.82) is 5.26 Å². The van der Waals surface area contributed by atoms with Crippen molar-refractivity contribution in [2.24, 2.45) is 5.92 Å². The first-order chi connectivity index (χ1) is 10.5. The second kappa shape index (κ2) is 6.80. The van der Waals surface area contributed by atoms with Gasteiger partial charge in [0, 0.05) is 12.8 Å². The van der Waals surface area contributed by atoms with Gasteiger partial charge >= 0.3 is 0 Å². The Bertz CT molecular complexity index is 594. The van der Waals surface area contributed by atoms with Crippen LogP contribution in [0.15, 0.2) is 18.2 Å². The summed E-state index contributed by atoms with van der Waals surface area (Å²) >= 11 is 0. The van der Waals surface area contributed by atoms with Gasteiger partial charge in [-0.15, -0.1) is 0 Å². The van der Waals surface area contributed by atoms with Gasteiger partial charge in [-0.05, 0) is 43.4 Å². The van der Waals surface area contributed by atoms with Crippen molar-refractivity contribution >= 4 is 11.6 Å². The number of nitrogens with zero attached hydrogens (tertiary/aromatic N) is 1. The third kappa shape index (κ3) is 3.23. The van der Waals surface area contributed by atoms with E-state index in [4.69, 9.17) is 14.7 Å². The molecule has 0 spiro atoms. The van der Waals surface area contributed by atoms with Gasteiger partial charge in [-0.2, -0.15) is 5.26 Å². The number of carbonyl (C=O) groups is 1. The van der Waals surface area contributed by atoms with Gasteiger partial charge in [0.15, 0.2) is 0 Å². The minimum atomic E-state index is -0.773. The van der Waals surface area contributed by atoms with Crippen LogP contribution in [-0.4, -0.2) is 25.7 Å². The molecule has 0 aromatic heterocycles. The maximum Gasteiger partial charge on any atom is 0.256 e. The smallest absolute Gasteiger partial charge is 0.256 e. The molecular weight excluding hydrogens is 280 g/mol. The Hall–Kier alpha value is -2.06. The van der Waals surface area contributed by atoms with Crippen LogP contribution >= 0.6 is 0 Å². The van der Waals surface area contributed by atoms with Gasteiger partial charge in [-0.1, -0.05) is 13.3 Å². The molecule has 1 aromatic carbocycles. The first kappa shape index (κ1) is 16.3. The second-order valence-corrected chi connectivity index (χ2v) is 5.88. The van der Waals surface area contributed by atoms with E-state index in [2.05, 4.69) is 18.3 Å². The van der Waals surface area contributed by atoms with Crippen LogP contribution in [0.3, 0.4) is 0 Å². The van der Waals surface area contributed by atoms with E-state index in [-0.39, 0.29) is 5.91 Å². The average Bonchev–Trinajstić information content (AvgIpc) is 2.54. The van der Waals surface area contributed by atoms with Gasteiger partial charge in [0.05, 0.1) is 12.7 Å². The Balaban J connectivity index is 2.19. The summed E-state index contributed by atoms with van der Waals surface area (Å²) in [5.74, 6) is 0.814. The molecule has 0 radical (unpaired) electrons. The van der Waals surface area contributed by atoms with E-state index in [9.17, 15) is 4.79 Å². The molecule has 0 saturated heterocycles. The number of rotatable bonds is 4. The highest BCUT2D eigenvalue weighted by atomic mass is 16.5. The standard InChI is InChI=1S/C17H22N2O3/c1-12-5-4-8-17(10-12,22-3)16(20)19-14-6-7-15(21-2)13(9-14)11-18/h6-7,9,12H,4-5,8,10H2,1-3H3,(H,19,20)/t12-,17-/m0/s1. The number of nitriles is 1. The molecule has 1 aliphatic rings. The molecule has 1 N–H and O–H groups in total. The minimum Gasteiger partial charge on any atom is -0.495 e. The van der Waals surface area contributed by atoms with E-state index in [1.165, 1.54) is 7.11 Å². The first-order valence-corrected chi connectivity index (χ1v) is 7.49. The van der Waals surface area contributed by atoms with Crippen LogP contribution in [0.2, 0.25) is 0 Å². The number of anilines is 1. The van der Waals surface area contributed by atoms with Crippen molar-refractivity contribution in [3.8, 4) is 11.8 Å². The van der Waals surface area contributed by atoms with Gasteiger partial charge in [-0.25, -0.2) is 0 Å². The summed E-state index contributed by atoms with van der Waals surface area (Å²) in [5, 5.41) is 12.0. The van der Waals surface area contributed by atoms with Crippen LogP contribution in [0.4, 0.5) is 5.69 Å². The Labute approximate surface area is 131 Å². The summed E-state index contributed by atoms with van der Waals surface area (Å²) in [6.45, 7) is 2.14. The number of benzene rings is 1. The third-order valence-electron chi connectivity index (χ3n) is 4.34. The maximum atomic E-state index is 12.7. The largest absolute Gasteiger partial charge is 0.495 e. The number of methoxy groups -OCH3 is 2. The molecule has 1 amide bonds. The van der Waals surface area contributed by atoms with Crippen molar-refractivity contribution < 1.29 is 14.3 Å². The lowest BCUT2D eigenvalue weighted by Gasteiger charge is -2.37. The van der Waals surface area contributed by atoms with Crippen LogP contribution in [0.1, 0.15) is 38.2 Å². The number of nitrogens with one attached hydrogen (secondary N) is 1. The van der Waals surface area contributed by atoms with E-state index in [0.29, 0.717) is 22.9 Å². The quantitative estimate of drug-likeness (QED) is 0.927. The van der Waals surface area contributed by atoms with Crippen molar-refractivity contribution in [2.75, 3.05) is 19.5 Å². The third-order valence-corrected chi connectivity index (χ3v) is 4.34. The summed E-state index contributed by atoms with van der Waals surface area (Å²) in [5.41, 5.74) is 0.200. The number of hydrogen-bond donors (Lipinski definition) is 1. The Morgan fingerprint density at radius 3 is 2.82 bits per heavy atom. The lowest BCUT2D eigenvalue weighted by Crippen LogP contribution is -2.47. The summed E-state index contributed by atoms with van der Waals surface area (Å²) < 4.78 is 10.7. The molecule has 0 unspecified atom stereocenters. The summed E-state index contributed by atoms with van der Waals surface area (Å²) in [6.07, 6.45) is 3.55. The highest BCUT2D eigenvalue weighted by Crippen LogP contribution is 2.36. The van der Waals surface area contributed by atoms with Gasteiger partial charge in [0.2, 0.25) is 0 Å². The number of hydrogen-bond acceptors (Lipinski definition) is 4. The van der Waals surface area contributed by atoms with E-state index in [1.807, 2.05) is 0 Å². The molecule has 2 rings (SSSR count). The van der Waals surface area contributed by atoms with Crippen LogP contribution in [-0.2, 0) is 9.53 Å². The molecule has 118 valence electrons. The van der Waals surface area contributed by atoms with Crippen LogP contribution in [0, 0.1) is 17.2 Å². The molecule has 5 heteroatoms. The molecular formula is C17H22N2O3. The van der Waals surface area contributed by atoms with E-state index in [1.54, 1.807) is 25.3 Å². The normalized spacial score (nSPS) is 24.4. The van der Waals surface area contributed by atoms with Gasteiger partial charge in [-0.3, -0.25) is 4.79 Å². The molecule has 22 heavy (non-hydrogen) atoms. The Morgan fingerprint density at radius 2 is 2.23 bits per heavy atom. The lowest BCUT2D eigenvalue weighted by atomic mass is 9.78. The number of amides is 1. The lowest BCUT2D eigenvalue weighted by molar-refractivity contribution is -0.143. The Kier molecular flexibility index (Phi) is 5.04. The predicted molar refractivity (Wildman–Crippen MR) is 83.7 cm³/mol. The van der Waals surface area contributed by atoms with Gasteiger partial charge in [0.1, 0.15) is 17.4 Å². The number of carbonyl (C=O) groups excluding carboxylic acids is 1. The zero-order valence-electron chi connectivity index (χ0n) is 13.3. The fourth-order valence-corrected chi connectivity index (χ4v) is 3.11. The van der Waals surface area contributed by atoms with E-state index in [0.717, 1.165) is 25.7 Å². The molecule has 0 aliphatic heterocycles. The zero-order valence-corrected chi connectivity index (χ0v) is 13.3. The zero-order chi connectivity index (χ0) is 16.2. The summed E-state index contributed by atoms with van der Waals surface area (Å²) in [4.78, 5) is 12.7. The molecule has 1 aromatic rings. The van der Waals surface area contributed by atoms with E-state index >= 15 is 0 Å². The van der Waals surface area contributed by atoms with Gasteiger partial charge in [0.25, 0.3) is 5.91 Å². The summed E-state index contributed by atoms with van der Waals surface area (Å²) in [6, 6.07) is 7.09. The monoisotopic (exact) mass is 302 g/mol. The van der Waals surface area contributed by atoms with Crippen LogP contribution in [0.5, 0.6) is 5.75 Å². The second-order valence-electron chi connectivity index (χ2n) is 5.88.